The van der Waals surface area contributed by atoms with Crippen molar-refractivity contribution in [2.24, 2.45) is 21.7 Å². The van der Waals surface area contributed by atoms with E-state index in [9.17, 15) is 38.4 Å². The summed E-state index contributed by atoms with van der Waals surface area (Å²) >= 11 is 28.8. The van der Waals surface area contributed by atoms with Crippen LogP contribution in [0.3, 0.4) is 0 Å². The molecule has 2 aromatic rings. The number of amides is 8. The van der Waals surface area contributed by atoms with Crippen LogP contribution in [-0.4, -0.2) is 75.9 Å². The second-order valence-electron chi connectivity index (χ2n) is 14.2. The maximum Gasteiger partial charge on any atom is 0.281 e. The molecule has 18 heteroatoms. The van der Waals surface area contributed by atoms with E-state index < -0.39 is 77.5 Å². The van der Waals surface area contributed by atoms with Gasteiger partial charge in [-0.1, -0.05) is 122 Å². The number of fused-ring (bicyclic) bond motifs is 6. The summed E-state index contributed by atoms with van der Waals surface area (Å²) in [4.78, 5) is 100. The van der Waals surface area contributed by atoms with Crippen LogP contribution < -0.4 is 0 Å². The molecule has 8 aliphatic rings. The zero-order valence-corrected chi connectivity index (χ0v) is 32.5. The molecular formula is C34H30Cl6N4O8. The standard InChI is InChI=1S/2C16H14N2O4.2CHCl3/c2*1-15-7-16(2,8-15)14(22)18(13(15)21)17-11(19)9-5-3-4-6-10(9)12(17)20;2*2-1(3)4/h2*3-6H,7-8H2,1-2H3;2*1H. The lowest BCUT2D eigenvalue weighted by Crippen LogP contribution is -2.71. The molecule has 276 valence electrons. The minimum absolute atomic E-state index is 0.225. The number of imide groups is 4. The molecule has 0 atom stereocenters. The van der Waals surface area contributed by atoms with Crippen molar-refractivity contribution in [1.29, 1.82) is 0 Å². The van der Waals surface area contributed by atoms with Gasteiger partial charge in [-0.15, -0.1) is 0 Å². The number of nitrogens with zero attached hydrogens (tertiary/aromatic N) is 4. The third kappa shape index (κ3) is 6.49. The minimum Gasteiger partial charge on any atom is -0.272 e. The first-order valence-electron chi connectivity index (χ1n) is 15.6. The maximum absolute atomic E-state index is 12.6. The molecule has 0 radical (unpaired) electrons. The first-order valence-corrected chi connectivity index (χ1v) is 18.2. The summed E-state index contributed by atoms with van der Waals surface area (Å²) in [5.41, 5.74) is -1.78. The van der Waals surface area contributed by atoms with E-state index in [0.717, 1.165) is 10.0 Å². The average Bonchev–Trinajstić information content (AvgIpc) is 3.43. The maximum atomic E-state index is 12.6. The number of halogens is 6. The summed E-state index contributed by atoms with van der Waals surface area (Å²) in [5.74, 6) is -4.31. The van der Waals surface area contributed by atoms with Crippen LogP contribution in [-0.2, 0) is 19.2 Å². The smallest absolute Gasteiger partial charge is 0.272 e. The normalized spacial score (nSPS) is 29.5. The Morgan fingerprint density at radius 1 is 0.404 bits per heavy atom. The van der Waals surface area contributed by atoms with Crippen LogP contribution in [0.1, 0.15) is 94.8 Å². The highest BCUT2D eigenvalue weighted by Gasteiger charge is 2.69. The van der Waals surface area contributed by atoms with Crippen LogP contribution in [0.25, 0.3) is 0 Å². The zero-order valence-electron chi connectivity index (χ0n) is 27.9. The Morgan fingerprint density at radius 3 is 0.750 bits per heavy atom. The third-order valence-electron chi connectivity index (χ3n) is 9.90. The van der Waals surface area contributed by atoms with Gasteiger partial charge in [0.2, 0.25) is 0 Å². The second kappa shape index (κ2) is 13.9. The van der Waals surface area contributed by atoms with E-state index in [1.807, 2.05) is 0 Å². The van der Waals surface area contributed by atoms with Crippen molar-refractivity contribution >= 4 is 117 Å². The van der Waals surface area contributed by atoms with Crippen LogP contribution in [0.5, 0.6) is 0 Å². The molecule has 2 aliphatic carbocycles. The van der Waals surface area contributed by atoms with Gasteiger partial charge in [0.1, 0.15) is 0 Å². The van der Waals surface area contributed by atoms with Gasteiger partial charge in [-0.05, 0) is 49.9 Å². The molecule has 6 aliphatic heterocycles. The Hall–Kier alpha value is -3.26. The van der Waals surface area contributed by atoms with E-state index in [1.54, 1.807) is 52.0 Å². The van der Waals surface area contributed by atoms with Gasteiger partial charge in [0, 0.05) is 0 Å². The van der Waals surface area contributed by atoms with Gasteiger partial charge < -0.3 is 0 Å². The van der Waals surface area contributed by atoms with E-state index >= 15 is 0 Å². The molecule has 6 fully saturated rings. The van der Waals surface area contributed by atoms with Crippen LogP contribution in [0.15, 0.2) is 48.5 Å². The first-order chi connectivity index (χ1) is 24.0. The van der Waals surface area contributed by atoms with Gasteiger partial charge in [-0.25, -0.2) is 0 Å². The largest absolute Gasteiger partial charge is 0.281 e. The van der Waals surface area contributed by atoms with E-state index in [-0.39, 0.29) is 22.3 Å². The lowest BCUT2D eigenvalue weighted by molar-refractivity contribution is -0.201. The molecule has 12 nitrogen and oxygen atoms in total. The molecule has 10 rings (SSSR count). The Labute approximate surface area is 328 Å². The fraction of sp³-hybridized carbons (Fsp3) is 0.412. The van der Waals surface area contributed by atoms with E-state index in [4.69, 9.17) is 69.6 Å². The zero-order chi connectivity index (χ0) is 38.9. The second-order valence-corrected chi connectivity index (χ2v) is 18.2. The Kier molecular flexibility index (Phi) is 10.6. The van der Waals surface area contributed by atoms with Gasteiger partial charge in [-0.3, -0.25) is 38.4 Å². The molecule has 8 amide bonds. The van der Waals surface area contributed by atoms with Crippen molar-refractivity contribution in [2.75, 3.05) is 0 Å². The van der Waals surface area contributed by atoms with Gasteiger partial charge in [-0.2, -0.15) is 20.0 Å². The number of alkyl halides is 6. The van der Waals surface area contributed by atoms with Crippen LogP contribution in [0.2, 0.25) is 0 Å². The number of hydrazine groups is 2. The molecule has 2 saturated carbocycles. The molecule has 2 aromatic carbocycles. The molecule has 52 heavy (non-hydrogen) atoms. The monoisotopic (exact) mass is 832 g/mol. The number of piperidine rings is 4. The summed E-state index contributed by atoms with van der Waals surface area (Å²) in [6.45, 7) is 7.09. The summed E-state index contributed by atoms with van der Waals surface area (Å²) < 4.78 is -1.50. The molecule has 4 bridgehead atoms. The number of hydrogen-bond acceptors (Lipinski definition) is 8. The molecular weight excluding hydrogens is 805 g/mol. The van der Waals surface area contributed by atoms with Crippen molar-refractivity contribution in [2.45, 2.75) is 62.0 Å². The lowest BCUT2D eigenvalue weighted by atomic mass is 9.51. The summed E-state index contributed by atoms with van der Waals surface area (Å²) in [6.07, 6.45) is 1.88. The minimum atomic E-state index is -0.750. The molecule has 4 saturated heterocycles. The Balaban J connectivity index is 0.000000167. The average molecular weight is 835 g/mol. The molecule has 0 spiro atoms. The highest BCUT2D eigenvalue weighted by Crippen LogP contribution is 2.61. The van der Waals surface area contributed by atoms with Crippen molar-refractivity contribution in [1.82, 2.24) is 20.0 Å². The van der Waals surface area contributed by atoms with E-state index in [1.165, 1.54) is 24.3 Å². The van der Waals surface area contributed by atoms with Gasteiger partial charge in [0.15, 0.2) is 8.59 Å². The predicted molar refractivity (Wildman–Crippen MR) is 191 cm³/mol. The van der Waals surface area contributed by atoms with Gasteiger partial charge >= 0.3 is 0 Å². The summed E-state index contributed by atoms with van der Waals surface area (Å²) in [5, 5.41) is 2.98. The first kappa shape index (κ1) is 39.9. The fourth-order valence-corrected chi connectivity index (χ4v) is 8.23. The van der Waals surface area contributed by atoms with Gasteiger partial charge in [0.05, 0.1) is 43.9 Å². The summed E-state index contributed by atoms with van der Waals surface area (Å²) in [7, 11) is 0. The fourth-order valence-electron chi connectivity index (χ4n) is 8.23. The van der Waals surface area contributed by atoms with Crippen LogP contribution in [0.4, 0.5) is 0 Å². The van der Waals surface area contributed by atoms with Crippen LogP contribution >= 0.6 is 69.6 Å². The van der Waals surface area contributed by atoms with Crippen molar-refractivity contribution in [3.63, 3.8) is 0 Å². The SMILES string of the molecule is CC12CC(C)(C1)C(=O)N(N1C(=O)c3ccccc3C1=O)C2=O.CC12CC(C)(C1)C(=O)N(N1C(=O)c3ccccc3C1=O)C2=O.ClC(Cl)Cl.ClC(Cl)Cl. The van der Waals surface area contributed by atoms with Crippen molar-refractivity contribution in [3.8, 4) is 0 Å². The molecule has 0 N–H and O–H groups in total. The number of carbonyl (C=O) groups excluding carboxylic acids is 8. The predicted octanol–water partition coefficient (Wildman–Crippen LogP) is 6.72. The van der Waals surface area contributed by atoms with Crippen molar-refractivity contribution in [3.05, 3.63) is 70.8 Å². The summed E-state index contributed by atoms with van der Waals surface area (Å²) in [6, 6.07) is 12.7. The third-order valence-corrected chi connectivity index (χ3v) is 9.90. The highest BCUT2D eigenvalue weighted by atomic mass is 35.6. The number of hydrogen-bond donors (Lipinski definition) is 0. The quantitative estimate of drug-likeness (QED) is 0.239. The number of benzene rings is 2. The topological polar surface area (TPSA) is 150 Å². The van der Waals surface area contributed by atoms with Gasteiger partial charge in [0.25, 0.3) is 47.3 Å². The molecule has 0 unspecified atom stereocenters. The van der Waals surface area contributed by atoms with E-state index in [2.05, 4.69) is 0 Å². The molecule has 6 heterocycles. The van der Waals surface area contributed by atoms with E-state index in [0.29, 0.717) is 35.7 Å². The number of rotatable bonds is 2. The lowest BCUT2D eigenvalue weighted by Gasteiger charge is -2.58. The van der Waals surface area contributed by atoms with Crippen molar-refractivity contribution < 1.29 is 38.4 Å². The number of carbonyl (C=O) groups is 8. The Bertz CT molecular complexity index is 1680. The highest BCUT2D eigenvalue weighted by molar-refractivity contribution is 6.63. The van der Waals surface area contributed by atoms with Crippen LogP contribution in [0, 0.1) is 21.7 Å². The molecule has 0 aromatic heterocycles. The Morgan fingerprint density at radius 2 is 0.577 bits per heavy atom.